The summed E-state index contributed by atoms with van der Waals surface area (Å²) in [4.78, 5) is 31.7. The third kappa shape index (κ3) is 5.71. The quantitative estimate of drug-likeness (QED) is 0.330. The molecule has 0 aliphatic carbocycles. The van der Waals surface area contributed by atoms with Gasteiger partial charge in [0.1, 0.15) is 5.56 Å². The Kier molecular flexibility index (Phi) is 8.29. The molecule has 3 heterocycles. The molecule has 2 aromatic heterocycles. The Bertz CT molecular complexity index is 1460. The maximum Gasteiger partial charge on any atom is 0.257 e. The van der Waals surface area contributed by atoms with Crippen molar-refractivity contribution in [2.24, 2.45) is 0 Å². The van der Waals surface area contributed by atoms with Crippen molar-refractivity contribution in [1.29, 1.82) is 0 Å². The molecular formula is C30H35ClN4O3. The van der Waals surface area contributed by atoms with Crippen LogP contribution in [0, 0.1) is 0 Å². The molecule has 200 valence electrons. The summed E-state index contributed by atoms with van der Waals surface area (Å²) >= 11 is 5.99. The van der Waals surface area contributed by atoms with Crippen molar-refractivity contribution in [3.63, 3.8) is 0 Å². The summed E-state index contributed by atoms with van der Waals surface area (Å²) < 4.78 is 7.56. The highest BCUT2D eigenvalue weighted by atomic mass is 35.5. The second kappa shape index (κ2) is 11.8. The average Bonchev–Trinajstić information content (AvgIpc) is 3.28. The fourth-order valence-corrected chi connectivity index (χ4v) is 5.43. The van der Waals surface area contributed by atoms with Crippen LogP contribution in [0.25, 0.3) is 16.3 Å². The van der Waals surface area contributed by atoms with Crippen molar-refractivity contribution in [2.45, 2.75) is 33.4 Å². The van der Waals surface area contributed by atoms with Gasteiger partial charge >= 0.3 is 0 Å². The number of hydrogen-bond acceptors (Lipinski definition) is 5. The van der Waals surface area contributed by atoms with E-state index in [1.807, 2.05) is 18.2 Å². The fourth-order valence-electron chi connectivity index (χ4n) is 5.30. The number of nitrogens with zero attached hydrogens (tertiary/aromatic N) is 3. The van der Waals surface area contributed by atoms with E-state index in [2.05, 4.69) is 45.5 Å². The van der Waals surface area contributed by atoms with Gasteiger partial charge in [-0.05, 0) is 54.5 Å². The molecule has 2 aromatic carbocycles. The highest BCUT2D eigenvalue weighted by Gasteiger charge is 2.21. The summed E-state index contributed by atoms with van der Waals surface area (Å²) in [5.41, 5.74) is 3.93. The number of hydrogen-bond donors (Lipinski definition) is 1. The summed E-state index contributed by atoms with van der Waals surface area (Å²) in [6.07, 6.45) is 2.56. The van der Waals surface area contributed by atoms with Crippen LogP contribution in [0.15, 0.2) is 53.5 Å². The molecule has 5 rings (SSSR count). The van der Waals surface area contributed by atoms with Crippen molar-refractivity contribution in [2.75, 3.05) is 45.9 Å². The first-order chi connectivity index (χ1) is 18.5. The highest BCUT2D eigenvalue weighted by molar-refractivity contribution is 6.30. The van der Waals surface area contributed by atoms with Gasteiger partial charge in [0.05, 0.1) is 18.7 Å². The number of rotatable bonds is 10. The maximum absolute atomic E-state index is 13.7. The zero-order valence-electron chi connectivity index (χ0n) is 22.1. The zero-order chi connectivity index (χ0) is 26.6. The smallest absolute Gasteiger partial charge is 0.257 e. The van der Waals surface area contributed by atoms with Crippen LogP contribution in [0.1, 0.15) is 41.0 Å². The van der Waals surface area contributed by atoms with Gasteiger partial charge in [-0.2, -0.15) is 0 Å². The van der Waals surface area contributed by atoms with Gasteiger partial charge < -0.3 is 19.4 Å². The Hall–Kier alpha value is -2.97. The monoisotopic (exact) mass is 534 g/mol. The van der Waals surface area contributed by atoms with E-state index in [0.717, 1.165) is 86.6 Å². The predicted octanol–water partition coefficient (Wildman–Crippen LogP) is 4.19. The maximum atomic E-state index is 13.7. The molecule has 0 radical (unpaired) electrons. The number of pyridine rings is 1. The molecule has 1 N–H and O–H groups in total. The molecule has 38 heavy (non-hydrogen) atoms. The molecular weight excluding hydrogens is 500 g/mol. The topological polar surface area (TPSA) is 66.3 Å². The standard InChI is InChI=1S/C30H35ClN4O3/c1-3-33(4-2)10-9-25-17-23-15-22(19-34-11-13-38-14-12-34)16-26-28(23)35(25)20-27(29(26)36)30(37)32-18-21-5-7-24(31)8-6-21/h5-8,15-17,20H,3-4,9-14,18-19H2,1-2H3,(H,32,37). The third-order valence-corrected chi connectivity index (χ3v) is 7.77. The largest absolute Gasteiger partial charge is 0.379 e. The number of benzene rings is 2. The summed E-state index contributed by atoms with van der Waals surface area (Å²) in [5, 5.41) is 5.21. The number of carbonyl (C=O) groups is 1. The summed E-state index contributed by atoms with van der Waals surface area (Å²) in [5.74, 6) is -0.370. The van der Waals surface area contributed by atoms with Gasteiger partial charge in [-0.25, -0.2) is 0 Å². The minimum atomic E-state index is -0.370. The predicted molar refractivity (Wildman–Crippen MR) is 153 cm³/mol. The lowest BCUT2D eigenvalue weighted by molar-refractivity contribution is 0.0342. The lowest BCUT2D eigenvalue weighted by Gasteiger charge is -2.26. The number of likely N-dealkylation sites (N-methyl/N-ethyl adjacent to an activating group) is 1. The zero-order valence-corrected chi connectivity index (χ0v) is 22.9. The molecule has 0 bridgehead atoms. The van der Waals surface area contributed by atoms with Gasteiger partial charge in [-0.1, -0.05) is 37.6 Å². The van der Waals surface area contributed by atoms with Crippen molar-refractivity contribution >= 4 is 33.8 Å². The van der Waals surface area contributed by atoms with E-state index in [1.165, 1.54) is 0 Å². The molecule has 4 aromatic rings. The Morgan fingerprint density at radius 2 is 1.79 bits per heavy atom. The first kappa shape index (κ1) is 26.6. The van der Waals surface area contributed by atoms with Gasteiger partial charge in [0.15, 0.2) is 0 Å². The van der Waals surface area contributed by atoms with Crippen molar-refractivity contribution in [3.8, 4) is 0 Å². The molecule has 0 unspecified atom stereocenters. The van der Waals surface area contributed by atoms with Crippen LogP contribution >= 0.6 is 11.6 Å². The normalized spacial score (nSPS) is 14.6. The van der Waals surface area contributed by atoms with E-state index in [4.69, 9.17) is 16.3 Å². The second-order valence-corrected chi connectivity index (χ2v) is 10.4. The van der Waals surface area contributed by atoms with E-state index >= 15 is 0 Å². The highest BCUT2D eigenvalue weighted by Crippen LogP contribution is 2.27. The molecule has 1 fully saturated rings. The summed E-state index contributed by atoms with van der Waals surface area (Å²) in [7, 11) is 0. The van der Waals surface area contributed by atoms with Crippen LogP contribution in [0.4, 0.5) is 0 Å². The first-order valence-corrected chi connectivity index (χ1v) is 13.8. The van der Waals surface area contributed by atoms with Crippen LogP contribution in [-0.4, -0.2) is 66.0 Å². The molecule has 0 saturated carbocycles. The van der Waals surface area contributed by atoms with Crippen molar-refractivity contribution < 1.29 is 9.53 Å². The van der Waals surface area contributed by atoms with E-state index in [1.54, 1.807) is 18.3 Å². The number of ether oxygens (including phenoxy) is 1. The van der Waals surface area contributed by atoms with E-state index in [0.29, 0.717) is 17.0 Å². The minimum absolute atomic E-state index is 0.163. The molecule has 1 amide bonds. The first-order valence-electron chi connectivity index (χ1n) is 13.4. The van der Waals surface area contributed by atoms with E-state index in [-0.39, 0.29) is 16.9 Å². The number of amides is 1. The van der Waals surface area contributed by atoms with Crippen LogP contribution in [0.3, 0.4) is 0 Å². The van der Waals surface area contributed by atoms with Gasteiger partial charge in [0, 0.05) is 66.8 Å². The van der Waals surface area contributed by atoms with Gasteiger partial charge in [0.2, 0.25) is 5.43 Å². The SMILES string of the molecule is CCN(CC)CCc1cc2cc(CN3CCOCC3)cc3c(=O)c(C(=O)NCc4ccc(Cl)cc4)cn1c23. The van der Waals surface area contributed by atoms with Gasteiger partial charge in [0.25, 0.3) is 5.91 Å². The summed E-state index contributed by atoms with van der Waals surface area (Å²) in [6, 6.07) is 13.7. The molecule has 0 spiro atoms. The number of carbonyl (C=O) groups excluding carboxylic acids is 1. The second-order valence-electron chi connectivity index (χ2n) is 9.93. The Labute approximate surface area is 228 Å². The number of nitrogens with one attached hydrogen (secondary N) is 1. The van der Waals surface area contributed by atoms with Crippen molar-refractivity contribution in [1.82, 2.24) is 19.5 Å². The van der Waals surface area contributed by atoms with Crippen molar-refractivity contribution in [3.05, 3.63) is 86.3 Å². The average molecular weight is 535 g/mol. The molecule has 1 saturated heterocycles. The molecule has 0 atom stereocenters. The van der Waals surface area contributed by atoms with Crippen LogP contribution < -0.4 is 10.7 Å². The van der Waals surface area contributed by atoms with Gasteiger partial charge in [-0.3, -0.25) is 14.5 Å². The Balaban J connectivity index is 1.52. The Morgan fingerprint density at radius 1 is 1.05 bits per heavy atom. The molecule has 1 aliphatic heterocycles. The van der Waals surface area contributed by atoms with Crippen LogP contribution in [0.5, 0.6) is 0 Å². The summed E-state index contributed by atoms with van der Waals surface area (Å²) in [6.45, 7) is 11.5. The molecule has 8 heteroatoms. The Morgan fingerprint density at radius 3 is 2.50 bits per heavy atom. The lowest BCUT2D eigenvalue weighted by atomic mass is 10.0. The third-order valence-electron chi connectivity index (χ3n) is 7.52. The number of aromatic nitrogens is 1. The number of morpholine rings is 1. The molecule has 1 aliphatic rings. The van der Waals surface area contributed by atoms with Gasteiger partial charge in [-0.15, -0.1) is 0 Å². The fraction of sp³-hybridized carbons (Fsp3) is 0.400. The minimum Gasteiger partial charge on any atom is -0.379 e. The van der Waals surface area contributed by atoms with Crippen LogP contribution in [-0.2, 0) is 24.2 Å². The van der Waals surface area contributed by atoms with Crippen LogP contribution in [0.2, 0.25) is 5.02 Å². The molecule has 7 nitrogen and oxygen atoms in total. The number of halogens is 1. The van der Waals surface area contributed by atoms with E-state index < -0.39 is 0 Å². The lowest BCUT2D eigenvalue weighted by Crippen LogP contribution is -2.35. The van der Waals surface area contributed by atoms with E-state index in [9.17, 15) is 9.59 Å².